The third-order valence-electron chi connectivity index (χ3n) is 6.46. The van der Waals surface area contributed by atoms with Crippen LogP contribution < -0.4 is 4.74 Å². The molecule has 0 saturated carbocycles. The van der Waals surface area contributed by atoms with Gasteiger partial charge in [0.1, 0.15) is 11.6 Å². The third-order valence-corrected chi connectivity index (χ3v) is 6.46. The highest BCUT2D eigenvalue weighted by Crippen LogP contribution is 2.41. The van der Waals surface area contributed by atoms with E-state index >= 15 is 0 Å². The first-order valence-electron chi connectivity index (χ1n) is 11.9. The number of hydrogen-bond donors (Lipinski definition) is 3. The number of aliphatic hydroxyl groups excluding tert-OH is 1. The van der Waals surface area contributed by atoms with Crippen molar-refractivity contribution >= 4 is 43.6 Å². The van der Waals surface area contributed by atoms with E-state index in [2.05, 4.69) is 14.9 Å². The first kappa shape index (κ1) is 22.6. The van der Waals surface area contributed by atoms with Crippen LogP contribution in [0.25, 0.3) is 43.6 Å². The lowest BCUT2D eigenvalue weighted by atomic mass is 10.1. The molecule has 3 N–H and O–H groups in total. The molecule has 5 nitrogen and oxygen atoms in total. The van der Waals surface area contributed by atoms with Crippen LogP contribution in [-0.4, -0.2) is 52.3 Å². The van der Waals surface area contributed by atoms with Crippen LogP contribution in [0.5, 0.6) is 5.75 Å². The monoisotopic (exact) mass is 465 g/mol. The van der Waals surface area contributed by atoms with Crippen LogP contribution in [-0.2, 0) is 0 Å². The predicted molar refractivity (Wildman–Crippen MR) is 134 cm³/mol. The second-order valence-electron chi connectivity index (χ2n) is 8.63. The number of rotatable bonds is 5. The number of β-amino-alcohol motifs (C(OH)–C–C–N with tert-alkyl or cyclic N) is 1. The molecule has 178 valence electrons. The van der Waals surface area contributed by atoms with Crippen LogP contribution in [0.1, 0.15) is 26.7 Å². The van der Waals surface area contributed by atoms with E-state index in [4.69, 9.17) is 4.74 Å². The molecule has 3 heterocycles. The zero-order valence-electron chi connectivity index (χ0n) is 19.4. The number of aromatic amines is 2. The van der Waals surface area contributed by atoms with Gasteiger partial charge in [-0.1, -0.05) is 13.8 Å². The van der Waals surface area contributed by atoms with Crippen LogP contribution in [0.4, 0.5) is 8.78 Å². The summed E-state index contributed by atoms with van der Waals surface area (Å²) in [5.74, 6) is 0.0460. The molecule has 0 spiro atoms. The largest absolute Gasteiger partial charge is 0.489 e. The third kappa shape index (κ3) is 3.99. The number of halogens is 2. The molecule has 3 aromatic carbocycles. The average molecular weight is 466 g/mol. The number of nitrogens with one attached hydrogen (secondary N) is 2. The Morgan fingerprint density at radius 3 is 2.03 bits per heavy atom. The Hall–Kier alpha value is -3.16. The van der Waals surface area contributed by atoms with Crippen molar-refractivity contribution in [3.8, 4) is 5.75 Å². The van der Waals surface area contributed by atoms with Gasteiger partial charge >= 0.3 is 0 Å². The standard InChI is InChI=1S/C25H23F2N3O2.C2H6/c26-14-2-4-21-17(10-14)19-12-20-18-11-15(27)3-5-22(18)29-24(20)25(23(19)28-21)32-9-1-7-30-8-6-16(31)13-30;1-2/h2-5,10-12,16,28-29,31H,1,6-9,13H2;1-2H3. The summed E-state index contributed by atoms with van der Waals surface area (Å²) in [7, 11) is 0. The van der Waals surface area contributed by atoms with Gasteiger partial charge in [-0.25, -0.2) is 8.78 Å². The lowest BCUT2D eigenvalue weighted by molar-refractivity contribution is 0.173. The average Bonchev–Trinajstić information content (AvgIpc) is 3.52. The molecular formula is C27H29F2N3O2. The molecule has 1 saturated heterocycles. The number of likely N-dealkylation sites (tertiary alicyclic amines) is 1. The number of H-pyrrole nitrogens is 2. The molecule has 1 aliphatic heterocycles. The van der Waals surface area contributed by atoms with Gasteiger partial charge in [-0.3, -0.25) is 0 Å². The van der Waals surface area contributed by atoms with Crippen molar-refractivity contribution in [2.45, 2.75) is 32.8 Å². The Labute approximate surface area is 196 Å². The lowest BCUT2D eigenvalue weighted by Gasteiger charge is -2.15. The van der Waals surface area contributed by atoms with Crippen molar-refractivity contribution in [2.75, 3.05) is 26.2 Å². The van der Waals surface area contributed by atoms with Gasteiger partial charge in [0, 0.05) is 52.2 Å². The van der Waals surface area contributed by atoms with E-state index in [0.717, 1.165) is 69.5 Å². The zero-order chi connectivity index (χ0) is 23.8. The Morgan fingerprint density at radius 1 is 0.912 bits per heavy atom. The minimum Gasteiger partial charge on any atom is -0.489 e. The molecule has 0 bridgehead atoms. The van der Waals surface area contributed by atoms with E-state index in [1.807, 2.05) is 19.9 Å². The first-order valence-corrected chi connectivity index (χ1v) is 11.9. The maximum absolute atomic E-state index is 14.0. The summed E-state index contributed by atoms with van der Waals surface area (Å²) in [6.07, 6.45) is 1.40. The van der Waals surface area contributed by atoms with Crippen molar-refractivity contribution in [1.29, 1.82) is 0 Å². The number of fused-ring (bicyclic) bond motifs is 6. The fourth-order valence-corrected chi connectivity index (χ4v) is 4.92. The van der Waals surface area contributed by atoms with Gasteiger partial charge < -0.3 is 24.7 Å². The Bertz CT molecular complexity index is 1380. The number of aromatic nitrogens is 2. The molecule has 7 heteroatoms. The molecule has 1 aliphatic rings. The van der Waals surface area contributed by atoms with Gasteiger partial charge in [0.2, 0.25) is 0 Å². The highest BCUT2D eigenvalue weighted by atomic mass is 19.1. The Balaban J connectivity index is 0.00000117. The normalized spacial score (nSPS) is 16.6. The minimum atomic E-state index is -0.307. The van der Waals surface area contributed by atoms with E-state index in [0.29, 0.717) is 18.9 Å². The summed E-state index contributed by atoms with van der Waals surface area (Å²) in [5, 5.41) is 12.9. The van der Waals surface area contributed by atoms with Gasteiger partial charge in [0.25, 0.3) is 0 Å². The summed E-state index contributed by atoms with van der Waals surface area (Å²) in [5.41, 5.74) is 3.23. The van der Waals surface area contributed by atoms with Gasteiger partial charge in [0.05, 0.1) is 23.7 Å². The molecule has 1 fully saturated rings. The smallest absolute Gasteiger partial charge is 0.167 e. The summed E-state index contributed by atoms with van der Waals surface area (Å²) >= 11 is 0. The van der Waals surface area contributed by atoms with Crippen molar-refractivity contribution < 1.29 is 18.6 Å². The van der Waals surface area contributed by atoms with Gasteiger partial charge in [-0.2, -0.15) is 0 Å². The molecule has 5 aromatic rings. The van der Waals surface area contributed by atoms with E-state index in [-0.39, 0.29) is 17.7 Å². The molecule has 6 rings (SSSR count). The topological polar surface area (TPSA) is 64.3 Å². The summed E-state index contributed by atoms with van der Waals surface area (Å²) in [4.78, 5) is 9.00. The van der Waals surface area contributed by atoms with Gasteiger partial charge in [-0.15, -0.1) is 0 Å². The van der Waals surface area contributed by atoms with Crippen LogP contribution in [0.3, 0.4) is 0 Å². The molecule has 1 unspecified atom stereocenters. The quantitative estimate of drug-likeness (QED) is 0.275. The van der Waals surface area contributed by atoms with Gasteiger partial charge in [-0.05, 0) is 55.3 Å². The number of benzene rings is 3. The molecule has 0 aliphatic carbocycles. The fourth-order valence-electron chi connectivity index (χ4n) is 4.92. The Morgan fingerprint density at radius 2 is 1.50 bits per heavy atom. The zero-order valence-corrected chi connectivity index (χ0v) is 19.4. The van der Waals surface area contributed by atoms with E-state index in [1.54, 1.807) is 12.1 Å². The first-order chi connectivity index (χ1) is 16.6. The maximum Gasteiger partial charge on any atom is 0.167 e. The number of ether oxygens (including phenoxy) is 1. The van der Waals surface area contributed by atoms with Gasteiger partial charge in [0.15, 0.2) is 5.75 Å². The lowest BCUT2D eigenvalue weighted by Crippen LogP contribution is -2.24. The molecule has 1 atom stereocenters. The highest BCUT2D eigenvalue weighted by molar-refractivity contribution is 6.20. The second kappa shape index (κ2) is 9.24. The SMILES string of the molecule is CC.OC1CCN(CCCOc2c3[nH]c4ccc(F)cc4c3cc3c2[nH]c2ccc(F)cc23)C1. The molecular weight excluding hydrogens is 436 g/mol. The predicted octanol–water partition coefficient (Wildman–Crippen LogP) is 6.10. The number of aliphatic hydroxyl groups is 1. The Kier molecular flexibility index (Phi) is 6.15. The van der Waals surface area contributed by atoms with Crippen LogP contribution in [0, 0.1) is 11.6 Å². The number of nitrogens with zero attached hydrogens (tertiary/aromatic N) is 1. The molecule has 0 radical (unpaired) electrons. The summed E-state index contributed by atoms with van der Waals surface area (Å²) < 4.78 is 34.3. The number of hydrogen-bond acceptors (Lipinski definition) is 3. The molecule has 0 amide bonds. The van der Waals surface area contributed by atoms with E-state index in [9.17, 15) is 13.9 Å². The van der Waals surface area contributed by atoms with Crippen LogP contribution >= 0.6 is 0 Å². The van der Waals surface area contributed by atoms with E-state index < -0.39 is 0 Å². The summed E-state index contributed by atoms with van der Waals surface area (Å²) in [6, 6.07) is 11.3. The second-order valence-corrected chi connectivity index (χ2v) is 8.63. The van der Waals surface area contributed by atoms with Crippen molar-refractivity contribution in [2.24, 2.45) is 0 Å². The van der Waals surface area contributed by atoms with E-state index in [1.165, 1.54) is 24.3 Å². The minimum absolute atomic E-state index is 0.234. The summed E-state index contributed by atoms with van der Waals surface area (Å²) in [6.45, 7) is 6.96. The van der Waals surface area contributed by atoms with Crippen molar-refractivity contribution in [3.05, 3.63) is 54.1 Å². The van der Waals surface area contributed by atoms with Crippen LogP contribution in [0.15, 0.2) is 42.5 Å². The van der Waals surface area contributed by atoms with Crippen molar-refractivity contribution in [1.82, 2.24) is 14.9 Å². The van der Waals surface area contributed by atoms with Crippen molar-refractivity contribution in [3.63, 3.8) is 0 Å². The molecule has 34 heavy (non-hydrogen) atoms. The maximum atomic E-state index is 14.0. The van der Waals surface area contributed by atoms with Crippen LogP contribution in [0.2, 0.25) is 0 Å². The fraction of sp³-hybridized carbons (Fsp3) is 0.333. The molecule has 2 aromatic heterocycles. The highest BCUT2D eigenvalue weighted by Gasteiger charge is 2.20.